The van der Waals surface area contributed by atoms with Gasteiger partial charge in [0.2, 0.25) is 5.91 Å². The molecule has 1 amide bonds. The van der Waals surface area contributed by atoms with Crippen molar-refractivity contribution in [3.05, 3.63) is 40.4 Å². The molecular formula is C21H24N4O3S2. The van der Waals surface area contributed by atoms with Crippen LogP contribution >= 0.6 is 11.3 Å². The minimum absolute atomic E-state index is 0.00942. The van der Waals surface area contributed by atoms with E-state index in [1.807, 2.05) is 11.0 Å². The first-order valence-electron chi connectivity index (χ1n) is 10.4. The third-order valence-electron chi connectivity index (χ3n) is 6.19. The monoisotopic (exact) mass is 444 g/mol. The van der Waals surface area contributed by atoms with Gasteiger partial charge in [0.1, 0.15) is 4.90 Å². The van der Waals surface area contributed by atoms with Crippen molar-refractivity contribution in [2.45, 2.75) is 43.9 Å². The molecule has 1 atom stereocenters. The molecule has 5 rings (SSSR count). The lowest BCUT2D eigenvalue weighted by atomic mass is 9.93. The van der Waals surface area contributed by atoms with Crippen molar-refractivity contribution in [3.63, 3.8) is 0 Å². The van der Waals surface area contributed by atoms with Gasteiger partial charge in [-0.05, 0) is 50.2 Å². The lowest BCUT2D eigenvalue weighted by Gasteiger charge is -2.32. The molecule has 2 aromatic rings. The summed E-state index contributed by atoms with van der Waals surface area (Å²) < 4.78 is 28.6. The first-order chi connectivity index (χ1) is 14.4. The number of aromatic nitrogens is 1. The van der Waals surface area contributed by atoms with Crippen molar-refractivity contribution >= 4 is 38.2 Å². The number of sulfonamides is 1. The van der Waals surface area contributed by atoms with Crippen molar-refractivity contribution in [1.29, 1.82) is 0 Å². The topological polar surface area (TPSA) is 91.7 Å². The minimum atomic E-state index is -3.62. The maximum Gasteiger partial charge on any atom is 0.285 e. The van der Waals surface area contributed by atoms with Crippen molar-refractivity contribution in [2.75, 3.05) is 18.4 Å². The number of hydrogen-bond donors (Lipinski definition) is 1. The third kappa shape index (κ3) is 3.54. The zero-order valence-electron chi connectivity index (χ0n) is 16.8. The average Bonchev–Trinajstić information content (AvgIpc) is 3.25. The normalized spacial score (nSPS) is 22.9. The maximum absolute atomic E-state index is 12.8. The fourth-order valence-electron chi connectivity index (χ4n) is 4.47. The molecule has 0 bridgehead atoms. The van der Waals surface area contributed by atoms with E-state index in [0.29, 0.717) is 48.4 Å². The summed E-state index contributed by atoms with van der Waals surface area (Å²) in [7, 11) is -3.62. The molecule has 1 N–H and O–H groups in total. The Kier molecular flexibility index (Phi) is 4.89. The SMILES string of the molecule is CC1CCc2nc(NC(=O)C3CCN(C4=NS(=O)(=O)c5ccccc54)CC3)sc2C1. The van der Waals surface area contributed by atoms with Gasteiger partial charge in [-0.15, -0.1) is 15.7 Å². The Labute approximate surface area is 180 Å². The van der Waals surface area contributed by atoms with Crippen LogP contribution in [0.3, 0.4) is 0 Å². The Balaban J connectivity index is 1.23. The van der Waals surface area contributed by atoms with Crippen molar-refractivity contribution in [3.8, 4) is 0 Å². The van der Waals surface area contributed by atoms with Gasteiger partial charge in [-0.2, -0.15) is 8.42 Å². The maximum atomic E-state index is 12.8. The van der Waals surface area contributed by atoms with Crippen molar-refractivity contribution in [1.82, 2.24) is 9.88 Å². The third-order valence-corrected chi connectivity index (χ3v) is 8.55. The first-order valence-corrected chi connectivity index (χ1v) is 12.6. The molecule has 1 unspecified atom stereocenters. The van der Waals surface area contributed by atoms with Crippen molar-refractivity contribution < 1.29 is 13.2 Å². The van der Waals surface area contributed by atoms with Gasteiger partial charge < -0.3 is 10.2 Å². The van der Waals surface area contributed by atoms with Crippen LogP contribution < -0.4 is 5.32 Å². The Morgan fingerprint density at radius 2 is 1.97 bits per heavy atom. The predicted octanol–water partition coefficient (Wildman–Crippen LogP) is 3.07. The number of fused-ring (bicyclic) bond motifs is 2. The number of hydrogen-bond acceptors (Lipinski definition) is 6. The van der Waals surface area contributed by atoms with E-state index < -0.39 is 10.0 Å². The summed E-state index contributed by atoms with van der Waals surface area (Å²) in [6.07, 6.45) is 4.53. The van der Waals surface area contributed by atoms with Crippen LogP contribution in [-0.2, 0) is 27.7 Å². The molecule has 1 aliphatic carbocycles. The lowest BCUT2D eigenvalue weighted by molar-refractivity contribution is -0.120. The standard InChI is InChI=1S/C21H24N4O3S2/c1-13-6-7-16-17(12-13)29-21(22-16)23-20(26)14-8-10-25(11-9-14)19-15-4-2-3-5-18(15)30(27,28)24-19/h2-5,13-14H,6-12H2,1H3,(H,22,23,26). The smallest absolute Gasteiger partial charge is 0.285 e. The van der Waals surface area contributed by atoms with E-state index in [1.165, 1.54) is 4.88 Å². The number of anilines is 1. The molecule has 3 aliphatic rings. The van der Waals surface area contributed by atoms with Crippen LogP contribution in [-0.4, -0.2) is 43.1 Å². The van der Waals surface area contributed by atoms with Crippen LogP contribution in [0.1, 0.15) is 42.3 Å². The van der Waals surface area contributed by atoms with Gasteiger partial charge in [0.25, 0.3) is 10.0 Å². The summed E-state index contributed by atoms with van der Waals surface area (Å²) in [5.74, 6) is 1.09. The molecule has 7 nitrogen and oxygen atoms in total. The molecule has 9 heteroatoms. The van der Waals surface area contributed by atoms with Crippen LogP contribution in [0.4, 0.5) is 5.13 Å². The molecule has 1 saturated heterocycles. The summed E-state index contributed by atoms with van der Waals surface area (Å²) >= 11 is 1.61. The van der Waals surface area contributed by atoms with Gasteiger partial charge in [-0.3, -0.25) is 4.79 Å². The van der Waals surface area contributed by atoms with E-state index in [2.05, 4.69) is 21.6 Å². The number of carbonyl (C=O) groups excluding carboxylic acids is 1. The summed E-state index contributed by atoms with van der Waals surface area (Å²) in [5, 5.41) is 3.73. The number of piperidine rings is 1. The number of amides is 1. The number of thiazole rings is 1. The van der Waals surface area contributed by atoms with Gasteiger partial charge in [-0.1, -0.05) is 19.1 Å². The molecule has 1 aromatic carbocycles. The largest absolute Gasteiger partial charge is 0.355 e. The van der Waals surface area contributed by atoms with Gasteiger partial charge in [0, 0.05) is 29.4 Å². The second kappa shape index (κ2) is 7.46. The van der Waals surface area contributed by atoms with Gasteiger partial charge in [-0.25, -0.2) is 4.98 Å². The Bertz CT molecular complexity index is 1130. The minimum Gasteiger partial charge on any atom is -0.355 e. The van der Waals surface area contributed by atoms with E-state index in [4.69, 9.17) is 0 Å². The van der Waals surface area contributed by atoms with Gasteiger partial charge in [0.05, 0.1) is 5.69 Å². The zero-order valence-corrected chi connectivity index (χ0v) is 18.4. The summed E-state index contributed by atoms with van der Waals surface area (Å²) in [6.45, 7) is 3.46. The quantitative estimate of drug-likeness (QED) is 0.769. The van der Waals surface area contributed by atoms with Crippen molar-refractivity contribution in [2.24, 2.45) is 16.2 Å². The van der Waals surface area contributed by atoms with E-state index in [9.17, 15) is 13.2 Å². The molecule has 0 spiro atoms. The summed E-state index contributed by atoms with van der Waals surface area (Å²) in [4.78, 5) is 21.0. The van der Waals surface area contributed by atoms with E-state index in [1.54, 1.807) is 29.5 Å². The molecule has 1 fully saturated rings. The zero-order chi connectivity index (χ0) is 20.9. The molecule has 2 aliphatic heterocycles. The molecule has 158 valence electrons. The van der Waals surface area contributed by atoms with Crippen LogP contribution in [0, 0.1) is 11.8 Å². The number of amidine groups is 1. The molecule has 0 saturated carbocycles. The molecule has 0 radical (unpaired) electrons. The summed E-state index contributed by atoms with van der Waals surface area (Å²) in [5.41, 5.74) is 1.80. The predicted molar refractivity (Wildman–Crippen MR) is 116 cm³/mol. The molecule has 1 aromatic heterocycles. The Morgan fingerprint density at radius 3 is 2.77 bits per heavy atom. The Hall–Kier alpha value is -2.26. The Morgan fingerprint density at radius 1 is 1.20 bits per heavy atom. The van der Waals surface area contributed by atoms with Gasteiger partial charge in [0.15, 0.2) is 11.0 Å². The lowest BCUT2D eigenvalue weighted by Crippen LogP contribution is -2.41. The van der Waals surface area contributed by atoms with Crippen LogP contribution in [0.25, 0.3) is 0 Å². The highest BCUT2D eigenvalue weighted by Gasteiger charge is 2.34. The number of nitrogens with one attached hydrogen (secondary N) is 1. The highest BCUT2D eigenvalue weighted by Crippen LogP contribution is 2.33. The van der Waals surface area contributed by atoms with E-state index in [-0.39, 0.29) is 16.7 Å². The highest BCUT2D eigenvalue weighted by atomic mass is 32.2. The van der Waals surface area contributed by atoms with E-state index in [0.717, 1.165) is 25.0 Å². The molecule has 30 heavy (non-hydrogen) atoms. The second-order valence-corrected chi connectivity index (χ2v) is 11.0. The van der Waals surface area contributed by atoms with E-state index >= 15 is 0 Å². The number of benzene rings is 1. The van der Waals surface area contributed by atoms with Crippen LogP contribution in [0.2, 0.25) is 0 Å². The fraction of sp³-hybridized carbons (Fsp3) is 0.476. The van der Waals surface area contributed by atoms with Crippen LogP contribution in [0.5, 0.6) is 0 Å². The first kappa shape index (κ1) is 19.7. The average molecular weight is 445 g/mol. The van der Waals surface area contributed by atoms with Gasteiger partial charge >= 0.3 is 0 Å². The second-order valence-electron chi connectivity index (χ2n) is 8.37. The summed E-state index contributed by atoms with van der Waals surface area (Å²) in [6, 6.07) is 6.92. The number of likely N-dealkylation sites (tertiary alicyclic amines) is 1. The number of nitrogens with zero attached hydrogens (tertiary/aromatic N) is 3. The number of carbonyl (C=O) groups is 1. The molecular weight excluding hydrogens is 420 g/mol. The molecule has 3 heterocycles. The number of aryl methyl sites for hydroxylation is 1. The highest BCUT2D eigenvalue weighted by molar-refractivity contribution is 7.90. The number of rotatable bonds is 2. The fourth-order valence-corrected chi connectivity index (χ4v) is 6.87. The van der Waals surface area contributed by atoms with Crippen LogP contribution in [0.15, 0.2) is 33.6 Å².